The van der Waals surface area contributed by atoms with E-state index in [4.69, 9.17) is 11.6 Å². The Morgan fingerprint density at radius 3 is 2.20 bits per heavy atom. The van der Waals surface area contributed by atoms with Crippen molar-refractivity contribution in [2.45, 2.75) is 58.9 Å². The number of amides is 1. The van der Waals surface area contributed by atoms with Gasteiger partial charge in [0.15, 0.2) is 0 Å². The summed E-state index contributed by atoms with van der Waals surface area (Å²) < 4.78 is 0. The lowest BCUT2D eigenvalue weighted by atomic mass is 9.94. The van der Waals surface area contributed by atoms with Crippen LogP contribution in [0.15, 0.2) is 0 Å². The number of hydrogen-bond acceptors (Lipinski definition) is 1. The van der Waals surface area contributed by atoms with E-state index in [9.17, 15) is 4.79 Å². The second-order valence-electron chi connectivity index (χ2n) is 4.60. The summed E-state index contributed by atoms with van der Waals surface area (Å²) in [4.78, 5) is 11.7. The molecular weight excluding hydrogens is 210 g/mol. The van der Waals surface area contributed by atoms with Gasteiger partial charge in [0.05, 0.1) is 5.54 Å². The topological polar surface area (TPSA) is 29.1 Å². The molecule has 0 aliphatic carbocycles. The van der Waals surface area contributed by atoms with Crippen LogP contribution in [-0.4, -0.2) is 17.3 Å². The molecular formula is C12H24ClNO. The summed E-state index contributed by atoms with van der Waals surface area (Å²) in [7, 11) is 0. The van der Waals surface area contributed by atoms with Gasteiger partial charge in [-0.2, -0.15) is 0 Å². The summed E-state index contributed by atoms with van der Waals surface area (Å²) in [5, 5.41) is 3.06. The molecule has 15 heavy (non-hydrogen) atoms. The lowest BCUT2D eigenvalue weighted by Gasteiger charge is -2.30. The zero-order valence-corrected chi connectivity index (χ0v) is 11.2. The largest absolute Gasteiger partial charge is 0.349 e. The molecule has 0 saturated carbocycles. The first-order valence-electron chi connectivity index (χ1n) is 5.86. The Hall–Kier alpha value is -0.240. The third-order valence-electron chi connectivity index (χ3n) is 2.96. The van der Waals surface area contributed by atoms with Crippen LogP contribution in [0.4, 0.5) is 0 Å². The summed E-state index contributed by atoms with van der Waals surface area (Å²) in [6.07, 6.45) is 3.33. The Kier molecular flexibility index (Phi) is 6.99. The molecule has 0 spiro atoms. The van der Waals surface area contributed by atoms with Crippen LogP contribution in [0.2, 0.25) is 0 Å². The second kappa shape index (κ2) is 7.10. The maximum Gasteiger partial charge on any atom is 0.220 e. The highest BCUT2D eigenvalue weighted by Crippen LogP contribution is 2.17. The van der Waals surface area contributed by atoms with Gasteiger partial charge in [-0.05, 0) is 25.2 Å². The van der Waals surface area contributed by atoms with Gasteiger partial charge in [0.2, 0.25) is 5.91 Å². The predicted octanol–water partition coefficient (Wildman–Crippen LogP) is 3.34. The average molecular weight is 234 g/mol. The number of nitrogens with one attached hydrogen (secondary N) is 1. The smallest absolute Gasteiger partial charge is 0.220 e. The van der Waals surface area contributed by atoms with Crippen molar-refractivity contribution in [2.75, 3.05) is 5.88 Å². The molecule has 3 heteroatoms. The molecule has 0 aromatic carbocycles. The number of hydrogen-bond donors (Lipinski definition) is 1. The fourth-order valence-electron chi connectivity index (χ4n) is 1.43. The normalized spacial score (nSPS) is 11.9. The molecule has 0 saturated heterocycles. The number of carbonyl (C=O) groups excluding carboxylic acids is 1. The van der Waals surface area contributed by atoms with E-state index in [1.54, 1.807) is 0 Å². The average Bonchev–Trinajstić information content (AvgIpc) is 2.23. The van der Waals surface area contributed by atoms with E-state index in [1.165, 1.54) is 0 Å². The Bertz CT molecular complexity index is 180. The first kappa shape index (κ1) is 14.8. The molecule has 0 aliphatic heterocycles. The minimum atomic E-state index is -0.199. The SMILES string of the molecule is CCC(CC)(CCl)NC(=O)CCC(C)C. The van der Waals surface area contributed by atoms with Gasteiger partial charge in [-0.3, -0.25) is 4.79 Å². The van der Waals surface area contributed by atoms with Crippen LogP contribution in [0.25, 0.3) is 0 Å². The third kappa shape index (κ3) is 5.41. The van der Waals surface area contributed by atoms with Crippen LogP contribution in [0.5, 0.6) is 0 Å². The van der Waals surface area contributed by atoms with Crippen LogP contribution in [0, 0.1) is 5.92 Å². The molecule has 0 radical (unpaired) electrons. The van der Waals surface area contributed by atoms with Crippen molar-refractivity contribution in [1.29, 1.82) is 0 Å². The minimum absolute atomic E-state index is 0.132. The molecule has 0 heterocycles. The van der Waals surface area contributed by atoms with Crippen LogP contribution < -0.4 is 5.32 Å². The predicted molar refractivity (Wildman–Crippen MR) is 66.2 cm³/mol. The zero-order chi connectivity index (χ0) is 11.9. The zero-order valence-electron chi connectivity index (χ0n) is 10.4. The third-order valence-corrected chi connectivity index (χ3v) is 3.47. The fourth-order valence-corrected chi connectivity index (χ4v) is 1.87. The summed E-state index contributed by atoms with van der Waals surface area (Å²) in [6.45, 7) is 8.38. The quantitative estimate of drug-likeness (QED) is 0.672. The number of rotatable bonds is 7. The molecule has 1 amide bonds. The van der Waals surface area contributed by atoms with Crippen LogP contribution in [0.1, 0.15) is 53.4 Å². The van der Waals surface area contributed by atoms with Gasteiger partial charge < -0.3 is 5.32 Å². The summed E-state index contributed by atoms with van der Waals surface area (Å²) in [5.41, 5.74) is -0.199. The molecule has 0 rings (SSSR count). The van der Waals surface area contributed by atoms with Crippen molar-refractivity contribution in [3.8, 4) is 0 Å². The number of halogens is 1. The van der Waals surface area contributed by atoms with Crippen molar-refractivity contribution in [1.82, 2.24) is 5.32 Å². The molecule has 0 unspecified atom stereocenters. The van der Waals surface area contributed by atoms with E-state index in [-0.39, 0.29) is 11.4 Å². The number of carbonyl (C=O) groups is 1. The van der Waals surface area contributed by atoms with Crippen molar-refractivity contribution < 1.29 is 4.79 Å². The van der Waals surface area contributed by atoms with Gasteiger partial charge in [-0.25, -0.2) is 0 Å². The lowest BCUT2D eigenvalue weighted by molar-refractivity contribution is -0.123. The van der Waals surface area contributed by atoms with Crippen LogP contribution in [0.3, 0.4) is 0 Å². The van der Waals surface area contributed by atoms with E-state index in [0.29, 0.717) is 18.2 Å². The first-order valence-corrected chi connectivity index (χ1v) is 6.40. The molecule has 0 fully saturated rings. The molecule has 0 aliphatic rings. The number of alkyl halides is 1. The Morgan fingerprint density at radius 1 is 1.33 bits per heavy atom. The molecule has 0 aromatic heterocycles. The van der Waals surface area contributed by atoms with Gasteiger partial charge in [-0.1, -0.05) is 27.7 Å². The molecule has 1 N–H and O–H groups in total. The first-order chi connectivity index (χ1) is 6.99. The molecule has 2 nitrogen and oxygen atoms in total. The van der Waals surface area contributed by atoms with Gasteiger partial charge in [0.25, 0.3) is 0 Å². The molecule has 0 bridgehead atoms. The van der Waals surface area contributed by atoms with E-state index >= 15 is 0 Å². The Morgan fingerprint density at radius 2 is 1.87 bits per heavy atom. The van der Waals surface area contributed by atoms with E-state index in [2.05, 4.69) is 33.0 Å². The highest BCUT2D eigenvalue weighted by Gasteiger charge is 2.26. The van der Waals surface area contributed by atoms with Gasteiger partial charge >= 0.3 is 0 Å². The summed E-state index contributed by atoms with van der Waals surface area (Å²) in [6, 6.07) is 0. The summed E-state index contributed by atoms with van der Waals surface area (Å²) >= 11 is 5.92. The van der Waals surface area contributed by atoms with E-state index < -0.39 is 0 Å². The van der Waals surface area contributed by atoms with E-state index in [1.807, 2.05) is 0 Å². The monoisotopic (exact) mass is 233 g/mol. The van der Waals surface area contributed by atoms with Gasteiger partial charge in [-0.15, -0.1) is 11.6 Å². The Balaban J connectivity index is 4.11. The molecule has 90 valence electrons. The van der Waals surface area contributed by atoms with E-state index in [0.717, 1.165) is 19.3 Å². The van der Waals surface area contributed by atoms with Crippen molar-refractivity contribution >= 4 is 17.5 Å². The highest BCUT2D eigenvalue weighted by atomic mass is 35.5. The second-order valence-corrected chi connectivity index (χ2v) is 4.87. The Labute approximate surface area is 98.8 Å². The molecule has 0 aromatic rings. The maximum absolute atomic E-state index is 11.7. The van der Waals surface area contributed by atoms with Crippen LogP contribution >= 0.6 is 11.6 Å². The fraction of sp³-hybridized carbons (Fsp3) is 0.917. The standard InChI is InChI=1S/C12H24ClNO/c1-5-12(6-2,9-13)14-11(15)8-7-10(3)4/h10H,5-9H2,1-4H3,(H,14,15). The highest BCUT2D eigenvalue weighted by molar-refractivity contribution is 6.18. The molecule has 0 atom stereocenters. The van der Waals surface area contributed by atoms with Crippen molar-refractivity contribution in [2.24, 2.45) is 5.92 Å². The summed E-state index contributed by atoms with van der Waals surface area (Å²) in [5.74, 6) is 1.20. The van der Waals surface area contributed by atoms with Gasteiger partial charge in [0.1, 0.15) is 0 Å². The van der Waals surface area contributed by atoms with Crippen molar-refractivity contribution in [3.63, 3.8) is 0 Å². The maximum atomic E-state index is 11.7. The minimum Gasteiger partial charge on any atom is -0.349 e. The van der Waals surface area contributed by atoms with Gasteiger partial charge in [0, 0.05) is 12.3 Å². The van der Waals surface area contributed by atoms with Crippen LogP contribution in [-0.2, 0) is 4.79 Å². The lowest BCUT2D eigenvalue weighted by Crippen LogP contribution is -2.49. The van der Waals surface area contributed by atoms with Crippen molar-refractivity contribution in [3.05, 3.63) is 0 Å².